The topological polar surface area (TPSA) is 54.5 Å². The zero-order chi connectivity index (χ0) is 24.8. The van der Waals surface area contributed by atoms with Crippen molar-refractivity contribution in [3.05, 3.63) is 47.8 Å². The molecule has 0 spiro atoms. The summed E-state index contributed by atoms with van der Waals surface area (Å²) in [5, 5.41) is 4.30. The minimum atomic E-state index is -4.55. The van der Waals surface area contributed by atoms with Gasteiger partial charge in [0.2, 0.25) is 5.91 Å². The summed E-state index contributed by atoms with van der Waals surface area (Å²) in [4.78, 5) is 19.1. The molecule has 0 radical (unpaired) electrons. The van der Waals surface area contributed by atoms with Gasteiger partial charge >= 0.3 is 6.18 Å². The van der Waals surface area contributed by atoms with E-state index in [1.54, 1.807) is 17.2 Å². The number of carbonyl (C=O) groups is 1. The fourth-order valence-electron chi connectivity index (χ4n) is 5.86. The normalized spacial score (nSPS) is 28.6. The number of nitrogens with zero attached hydrogens (tertiary/aromatic N) is 2. The Morgan fingerprint density at radius 3 is 2.49 bits per heavy atom. The van der Waals surface area contributed by atoms with Crippen molar-refractivity contribution in [1.82, 2.24) is 9.88 Å². The molecule has 1 amide bonds. The highest BCUT2D eigenvalue weighted by atomic mass is 35.5. The van der Waals surface area contributed by atoms with E-state index in [9.17, 15) is 18.0 Å². The quantitative estimate of drug-likeness (QED) is 0.498. The minimum Gasteiger partial charge on any atom is -0.382 e. The lowest BCUT2D eigenvalue weighted by Crippen LogP contribution is -2.54. The molecule has 2 aromatic rings. The Bertz CT molecular complexity index is 1110. The molecule has 188 valence electrons. The minimum absolute atomic E-state index is 0.0229. The lowest BCUT2D eigenvalue weighted by atomic mass is 9.70. The molecular weight excluding hydrogens is 479 g/mol. The summed E-state index contributed by atoms with van der Waals surface area (Å²) >= 11 is 6.12. The number of ether oxygens (including phenoxy) is 1. The Morgan fingerprint density at radius 1 is 1.17 bits per heavy atom. The second-order valence-corrected chi connectivity index (χ2v) is 10.5. The molecule has 2 bridgehead atoms. The van der Waals surface area contributed by atoms with E-state index < -0.39 is 17.3 Å². The molecule has 6 rings (SSSR count). The maximum Gasteiger partial charge on any atom is 0.433 e. The van der Waals surface area contributed by atoms with Gasteiger partial charge in [-0.25, -0.2) is 4.98 Å². The number of halogens is 4. The fourth-order valence-corrected chi connectivity index (χ4v) is 6.03. The maximum atomic E-state index is 13.5. The van der Waals surface area contributed by atoms with Crippen LogP contribution in [0.2, 0.25) is 5.02 Å². The number of benzene rings is 1. The largest absolute Gasteiger partial charge is 0.433 e. The number of carbonyl (C=O) groups excluding carboxylic acids is 1. The molecule has 3 heterocycles. The van der Waals surface area contributed by atoms with Crippen molar-refractivity contribution >= 4 is 34.1 Å². The van der Waals surface area contributed by atoms with E-state index in [1.807, 2.05) is 0 Å². The molecule has 1 aromatic heterocycles. The van der Waals surface area contributed by atoms with Crippen LogP contribution in [0.4, 0.5) is 18.9 Å². The highest BCUT2D eigenvalue weighted by molar-refractivity contribution is 6.31. The molecule has 2 saturated carbocycles. The van der Waals surface area contributed by atoms with Gasteiger partial charge in [-0.3, -0.25) is 4.79 Å². The lowest BCUT2D eigenvalue weighted by Gasteiger charge is -2.48. The third kappa shape index (κ3) is 4.75. The molecule has 2 aliphatic carbocycles. The predicted octanol–water partition coefficient (Wildman–Crippen LogP) is 6.56. The van der Waals surface area contributed by atoms with Crippen molar-refractivity contribution in [2.75, 3.05) is 11.9 Å². The third-order valence-electron chi connectivity index (χ3n) is 7.88. The number of nitrogens with one attached hydrogen (secondary N) is 1. The predicted molar refractivity (Wildman–Crippen MR) is 129 cm³/mol. The number of fused-ring (bicyclic) bond motifs is 4. The summed E-state index contributed by atoms with van der Waals surface area (Å²) in [5.74, 6) is 0.103. The first kappa shape index (κ1) is 24.4. The summed E-state index contributed by atoms with van der Waals surface area (Å²) in [6, 6.07) is 5.74. The number of anilines is 1. The average Bonchev–Trinajstić information content (AvgIpc) is 2.86. The first-order chi connectivity index (χ1) is 16.7. The molecule has 2 saturated heterocycles. The van der Waals surface area contributed by atoms with Gasteiger partial charge in [-0.1, -0.05) is 18.2 Å². The van der Waals surface area contributed by atoms with Crippen LogP contribution >= 0.6 is 11.6 Å². The molecule has 1 aromatic carbocycles. The van der Waals surface area contributed by atoms with Crippen LogP contribution in [-0.2, 0) is 15.7 Å². The van der Waals surface area contributed by atoms with Crippen LogP contribution in [0.25, 0.3) is 10.9 Å². The summed E-state index contributed by atoms with van der Waals surface area (Å²) in [6.45, 7) is 4.40. The van der Waals surface area contributed by atoms with Crippen LogP contribution in [0, 0.1) is 5.41 Å². The molecule has 9 heteroatoms. The number of amides is 1. The first-order valence-electron chi connectivity index (χ1n) is 12.2. The fraction of sp³-hybridized carbons (Fsp3) is 0.538. The summed E-state index contributed by atoms with van der Waals surface area (Å²) in [6.07, 6.45) is 3.88. The Labute approximate surface area is 207 Å². The number of rotatable bonds is 5. The van der Waals surface area contributed by atoms with Crippen molar-refractivity contribution < 1.29 is 22.7 Å². The van der Waals surface area contributed by atoms with E-state index in [0.717, 1.165) is 57.4 Å². The molecule has 4 fully saturated rings. The van der Waals surface area contributed by atoms with Crippen LogP contribution in [0.15, 0.2) is 37.0 Å². The van der Waals surface area contributed by atoms with Gasteiger partial charge < -0.3 is 15.0 Å². The Morgan fingerprint density at radius 2 is 1.89 bits per heavy atom. The monoisotopic (exact) mass is 507 g/mol. The van der Waals surface area contributed by atoms with Crippen LogP contribution in [-0.4, -0.2) is 40.6 Å². The average molecular weight is 508 g/mol. The Kier molecular flexibility index (Phi) is 6.46. The van der Waals surface area contributed by atoms with Gasteiger partial charge in [-0.15, -0.1) is 0 Å². The van der Waals surface area contributed by atoms with Gasteiger partial charge in [0.25, 0.3) is 0 Å². The van der Waals surface area contributed by atoms with E-state index in [-0.39, 0.29) is 23.5 Å². The molecule has 0 atom stereocenters. The molecular formula is C26H29ClF3N3O2. The molecule has 5 nitrogen and oxygen atoms in total. The number of alkyl halides is 3. The van der Waals surface area contributed by atoms with Gasteiger partial charge in [-0.2, -0.15) is 13.2 Å². The van der Waals surface area contributed by atoms with E-state index in [0.29, 0.717) is 28.8 Å². The molecule has 1 N–H and O–H groups in total. The zero-order valence-corrected chi connectivity index (χ0v) is 20.2. The molecule has 2 aliphatic heterocycles. The zero-order valence-electron chi connectivity index (χ0n) is 19.4. The van der Waals surface area contributed by atoms with Crippen molar-refractivity contribution in [2.24, 2.45) is 5.41 Å². The van der Waals surface area contributed by atoms with E-state index in [4.69, 9.17) is 16.3 Å². The number of hydrogen-bond donors (Lipinski definition) is 1. The third-order valence-corrected chi connectivity index (χ3v) is 8.12. The van der Waals surface area contributed by atoms with Crippen LogP contribution in [0.3, 0.4) is 0 Å². The van der Waals surface area contributed by atoms with Crippen molar-refractivity contribution in [3.63, 3.8) is 0 Å². The first-order valence-corrected chi connectivity index (χ1v) is 12.6. The standard InChI is InChI=1S/C26H29ClF3N3O2/c1-2-33(24(34)25-11-9-19(10-12-25)35-15-25)18-6-4-17(5-7-18)31-22-14-23(26(28,29)30)32-21-8-3-16(27)13-20(21)22/h2-3,8,13-14,17-19H,1,4-7,9-12,15H2,(H,31,32). The van der Waals surface area contributed by atoms with Gasteiger partial charge in [-0.05, 0) is 81.8 Å². The summed E-state index contributed by atoms with van der Waals surface area (Å²) in [7, 11) is 0. The molecule has 0 unspecified atom stereocenters. The van der Waals surface area contributed by atoms with E-state index in [2.05, 4.69) is 16.9 Å². The van der Waals surface area contributed by atoms with E-state index >= 15 is 0 Å². The highest BCUT2D eigenvalue weighted by Gasteiger charge is 2.49. The smallest absolute Gasteiger partial charge is 0.382 e. The second kappa shape index (κ2) is 9.28. The van der Waals surface area contributed by atoms with E-state index in [1.165, 1.54) is 12.1 Å². The Hall–Kier alpha value is -2.32. The number of hydrogen-bond acceptors (Lipinski definition) is 4. The van der Waals surface area contributed by atoms with Crippen molar-refractivity contribution in [2.45, 2.75) is 75.7 Å². The van der Waals surface area contributed by atoms with Gasteiger partial charge in [0, 0.05) is 28.2 Å². The second-order valence-electron chi connectivity index (χ2n) is 10.0. The lowest BCUT2D eigenvalue weighted by molar-refractivity contribution is -0.167. The maximum absolute atomic E-state index is 13.5. The summed E-state index contributed by atoms with van der Waals surface area (Å²) < 4.78 is 46.2. The number of aromatic nitrogens is 1. The van der Waals surface area contributed by atoms with Crippen molar-refractivity contribution in [1.29, 1.82) is 0 Å². The van der Waals surface area contributed by atoms with Crippen molar-refractivity contribution in [3.8, 4) is 0 Å². The number of pyridine rings is 1. The van der Waals surface area contributed by atoms with Crippen LogP contribution < -0.4 is 5.32 Å². The highest BCUT2D eigenvalue weighted by Crippen LogP contribution is 2.45. The molecule has 4 aliphatic rings. The van der Waals surface area contributed by atoms with Crippen LogP contribution in [0.1, 0.15) is 57.1 Å². The summed E-state index contributed by atoms with van der Waals surface area (Å²) in [5.41, 5.74) is -0.760. The van der Waals surface area contributed by atoms with Crippen LogP contribution in [0.5, 0.6) is 0 Å². The van der Waals surface area contributed by atoms with Gasteiger partial charge in [0.05, 0.1) is 23.6 Å². The Balaban J connectivity index is 1.30. The van der Waals surface area contributed by atoms with Gasteiger partial charge in [0.15, 0.2) is 0 Å². The SMILES string of the molecule is C=CN(C(=O)C12CCC(CC1)OC2)C1CCC(Nc2cc(C(F)(F)F)nc3ccc(Cl)cc23)CC1. The molecule has 35 heavy (non-hydrogen) atoms. The van der Waals surface area contributed by atoms with Gasteiger partial charge in [0.1, 0.15) is 5.69 Å².